The number of hydrogen-bond acceptors (Lipinski definition) is 6. The summed E-state index contributed by atoms with van der Waals surface area (Å²) in [6.07, 6.45) is 6.39. The van der Waals surface area contributed by atoms with E-state index in [1.54, 1.807) is 6.08 Å². The van der Waals surface area contributed by atoms with Crippen LogP contribution in [0.25, 0.3) is 0 Å². The lowest BCUT2D eigenvalue weighted by Crippen LogP contribution is -2.67. The van der Waals surface area contributed by atoms with E-state index < -0.39 is 22.7 Å². The molecule has 2 heterocycles. The molecule has 0 radical (unpaired) electrons. The summed E-state index contributed by atoms with van der Waals surface area (Å²) in [5.74, 6) is -0.413. The molecular weight excluding hydrogens is 346 g/mol. The van der Waals surface area contributed by atoms with E-state index in [1.165, 1.54) is 13.8 Å². The predicted octanol–water partition coefficient (Wildman–Crippen LogP) is 0.890. The average Bonchev–Trinajstić information content (AvgIpc) is 2.98. The van der Waals surface area contributed by atoms with Crippen LogP contribution in [-0.4, -0.2) is 63.6 Å². The van der Waals surface area contributed by atoms with Crippen LogP contribution >= 0.6 is 0 Å². The maximum Gasteiger partial charge on any atom is 0.183 e. The molecule has 1 unspecified atom stereocenters. The number of aliphatic hydroxyl groups is 2. The van der Waals surface area contributed by atoms with E-state index in [-0.39, 0.29) is 35.7 Å². The molecule has 1 saturated heterocycles. The van der Waals surface area contributed by atoms with Crippen LogP contribution in [0.1, 0.15) is 33.1 Å². The van der Waals surface area contributed by atoms with Crippen molar-refractivity contribution in [2.45, 2.75) is 56.5 Å². The van der Waals surface area contributed by atoms with Gasteiger partial charge >= 0.3 is 0 Å². The normalized spacial score (nSPS) is 47.3. The summed E-state index contributed by atoms with van der Waals surface area (Å²) < 4.78 is 6.24. The summed E-state index contributed by atoms with van der Waals surface area (Å²) in [4.78, 5) is 27.1. The first kappa shape index (κ1) is 17.3. The van der Waals surface area contributed by atoms with Gasteiger partial charge in [-0.3, -0.25) is 9.59 Å². The van der Waals surface area contributed by atoms with Gasteiger partial charge in [0.2, 0.25) is 0 Å². The summed E-state index contributed by atoms with van der Waals surface area (Å²) in [6, 6.07) is 0.246. The Morgan fingerprint density at radius 2 is 2.00 bits per heavy atom. The lowest BCUT2D eigenvalue weighted by atomic mass is 9.49. The van der Waals surface area contributed by atoms with Crippen LogP contribution in [0.15, 0.2) is 35.1 Å². The van der Waals surface area contributed by atoms with Gasteiger partial charge in [0.15, 0.2) is 22.8 Å². The number of likely N-dealkylation sites (tertiary alicyclic amines) is 1. The van der Waals surface area contributed by atoms with Gasteiger partial charge in [-0.25, -0.2) is 0 Å². The number of carbonyl (C=O) groups is 2. The van der Waals surface area contributed by atoms with Crippen LogP contribution in [0.4, 0.5) is 0 Å². The molecule has 2 aliphatic heterocycles. The maximum absolute atomic E-state index is 12.4. The zero-order valence-corrected chi connectivity index (χ0v) is 15.9. The third-order valence-corrected chi connectivity index (χ3v) is 7.72. The second-order valence-electron chi connectivity index (χ2n) is 8.86. The van der Waals surface area contributed by atoms with Gasteiger partial charge in [-0.15, -0.1) is 0 Å². The van der Waals surface area contributed by atoms with Gasteiger partial charge in [0.25, 0.3) is 0 Å². The van der Waals surface area contributed by atoms with Crippen molar-refractivity contribution >= 4 is 11.6 Å². The zero-order valence-electron chi connectivity index (χ0n) is 15.9. The fourth-order valence-electron chi connectivity index (χ4n) is 6.17. The van der Waals surface area contributed by atoms with Crippen molar-refractivity contribution in [1.29, 1.82) is 0 Å². The van der Waals surface area contributed by atoms with E-state index in [2.05, 4.69) is 11.9 Å². The minimum absolute atomic E-state index is 0.0693. The predicted molar refractivity (Wildman–Crippen MR) is 96.6 cm³/mol. The molecule has 2 bridgehead atoms. The molecule has 6 atom stereocenters. The number of ether oxygens (including phenoxy) is 1. The van der Waals surface area contributed by atoms with E-state index >= 15 is 0 Å². The molecule has 2 fully saturated rings. The summed E-state index contributed by atoms with van der Waals surface area (Å²) in [6.45, 7) is 3.54. The minimum atomic E-state index is -1.76. The molecule has 0 aromatic heterocycles. The van der Waals surface area contributed by atoms with Crippen molar-refractivity contribution in [2.24, 2.45) is 11.3 Å². The number of Topliss-reactive ketones (excluding diaryl/α,β-unsaturated/α-hetero) is 2. The van der Waals surface area contributed by atoms with Gasteiger partial charge in [-0.2, -0.15) is 0 Å². The molecule has 2 N–H and O–H groups in total. The van der Waals surface area contributed by atoms with Gasteiger partial charge in [-0.1, -0.05) is 12.2 Å². The Bertz CT molecular complexity index is 872. The van der Waals surface area contributed by atoms with Crippen LogP contribution in [-0.2, 0) is 14.3 Å². The molecule has 5 aliphatic rings. The summed E-state index contributed by atoms with van der Waals surface area (Å²) >= 11 is 0. The highest BCUT2D eigenvalue weighted by molar-refractivity contribution is 5.91. The largest absolute Gasteiger partial charge is 0.486 e. The molecule has 0 aromatic carbocycles. The molecule has 27 heavy (non-hydrogen) atoms. The van der Waals surface area contributed by atoms with Crippen molar-refractivity contribution < 1.29 is 24.5 Å². The number of rotatable bonds is 2. The van der Waals surface area contributed by atoms with Crippen molar-refractivity contribution in [3.63, 3.8) is 0 Å². The Kier molecular flexibility index (Phi) is 3.20. The van der Waals surface area contributed by atoms with Crippen molar-refractivity contribution in [1.82, 2.24) is 4.90 Å². The van der Waals surface area contributed by atoms with Crippen LogP contribution in [0.5, 0.6) is 0 Å². The summed E-state index contributed by atoms with van der Waals surface area (Å²) in [5, 5.41) is 22.5. The standard InChI is InChI=1S/C21H25NO5/c1-11(23)20(25)6-4-13-10-15-14-5-7-21(26,12(2)24)18-19(14,8-9-22(15)3)16(13)17(20)27-18/h4-5,7,14-15,18,25-26H,6,8-10H2,1-3H3/t14-,15+,18+,19-,20?,21+/m0/s1. The SMILES string of the molecule is CC(=O)C1(O)CC=C2C[C@@H]3[C@@H]4C=C[C@@](O)(C(C)=O)[C@@H]5OC1=C2[C@@]54CCN3C. The fraction of sp³-hybridized carbons (Fsp3) is 0.619. The van der Waals surface area contributed by atoms with E-state index in [1.807, 2.05) is 12.2 Å². The fourth-order valence-corrected chi connectivity index (χ4v) is 6.17. The Morgan fingerprint density at radius 1 is 1.26 bits per heavy atom. The maximum atomic E-state index is 12.4. The smallest absolute Gasteiger partial charge is 0.183 e. The van der Waals surface area contributed by atoms with Gasteiger partial charge < -0.3 is 19.8 Å². The molecule has 0 amide bonds. The highest BCUT2D eigenvalue weighted by Crippen LogP contribution is 2.67. The Labute approximate surface area is 158 Å². The third kappa shape index (κ3) is 1.77. The molecule has 144 valence electrons. The number of carbonyl (C=O) groups excluding carboxylic acids is 2. The first-order chi connectivity index (χ1) is 12.7. The summed E-state index contributed by atoms with van der Waals surface area (Å²) in [5.41, 5.74) is -2.10. The average molecular weight is 371 g/mol. The van der Waals surface area contributed by atoms with Gasteiger partial charge in [0, 0.05) is 29.4 Å². The van der Waals surface area contributed by atoms with Crippen LogP contribution in [0, 0.1) is 11.3 Å². The van der Waals surface area contributed by atoms with E-state index in [0.29, 0.717) is 6.42 Å². The molecule has 1 saturated carbocycles. The minimum Gasteiger partial charge on any atom is -0.486 e. The Morgan fingerprint density at radius 3 is 2.67 bits per heavy atom. The Balaban J connectivity index is 1.80. The second-order valence-corrected chi connectivity index (χ2v) is 8.86. The molecule has 6 nitrogen and oxygen atoms in total. The quantitative estimate of drug-likeness (QED) is 0.701. The molecule has 1 spiro atoms. The van der Waals surface area contributed by atoms with Crippen LogP contribution in [0.3, 0.4) is 0 Å². The number of piperidine rings is 1. The van der Waals surface area contributed by atoms with Crippen molar-refractivity contribution in [3.05, 3.63) is 35.1 Å². The Hall–Kier alpha value is -1.76. The molecule has 3 aliphatic carbocycles. The second kappa shape index (κ2) is 4.99. The van der Waals surface area contributed by atoms with Gasteiger partial charge in [-0.05, 0) is 51.9 Å². The van der Waals surface area contributed by atoms with Gasteiger partial charge in [0.05, 0.1) is 0 Å². The van der Waals surface area contributed by atoms with E-state index in [4.69, 9.17) is 4.74 Å². The number of hydrogen-bond donors (Lipinski definition) is 2. The van der Waals surface area contributed by atoms with E-state index in [0.717, 1.165) is 24.1 Å². The van der Waals surface area contributed by atoms with Crippen molar-refractivity contribution in [3.8, 4) is 0 Å². The van der Waals surface area contributed by atoms with Gasteiger partial charge in [0.1, 0.15) is 11.9 Å². The monoisotopic (exact) mass is 371 g/mol. The zero-order chi connectivity index (χ0) is 19.4. The summed E-state index contributed by atoms with van der Waals surface area (Å²) in [7, 11) is 2.10. The highest BCUT2D eigenvalue weighted by atomic mass is 16.5. The molecule has 0 aromatic rings. The van der Waals surface area contributed by atoms with Crippen molar-refractivity contribution in [2.75, 3.05) is 13.6 Å². The highest BCUT2D eigenvalue weighted by Gasteiger charge is 2.71. The number of ketones is 2. The van der Waals surface area contributed by atoms with Crippen LogP contribution < -0.4 is 0 Å². The lowest BCUT2D eigenvalue weighted by Gasteiger charge is -2.59. The topological polar surface area (TPSA) is 87.1 Å². The first-order valence-corrected chi connectivity index (χ1v) is 9.64. The van der Waals surface area contributed by atoms with E-state index in [9.17, 15) is 19.8 Å². The molecule has 6 heteroatoms. The van der Waals surface area contributed by atoms with Crippen LogP contribution in [0.2, 0.25) is 0 Å². The molecule has 5 rings (SSSR count). The third-order valence-electron chi connectivity index (χ3n) is 7.72. The first-order valence-electron chi connectivity index (χ1n) is 9.64. The number of nitrogens with zero attached hydrogens (tertiary/aromatic N) is 1. The molecular formula is C21H25NO5. The lowest BCUT2D eigenvalue weighted by molar-refractivity contribution is -0.166.